The lowest BCUT2D eigenvalue weighted by atomic mass is 9.92. The molecule has 0 aromatic heterocycles. The van der Waals surface area contributed by atoms with Gasteiger partial charge in [0.2, 0.25) is 0 Å². The third kappa shape index (κ3) is 3.33. The summed E-state index contributed by atoms with van der Waals surface area (Å²) in [6.45, 7) is 7.78. The number of likely N-dealkylation sites (tertiary alicyclic amines) is 1. The summed E-state index contributed by atoms with van der Waals surface area (Å²) in [5, 5.41) is 0. The average molecular weight is 246 g/mol. The first-order valence-electron chi connectivity index (χ1n) is 7.21. The van der Waals surface area contributed by atoms with Gasteiger partial charge in [-0.25, -0.2) is 0 Å². The number of aryl methyl sites for hydroxylation is 1. The fourth-order valence-electron chi connectivity index (χ4n) is 3.06. The summed E-state index contributed by atoms with van der Waals surface area (Å²) >= 11 is 0. The number of benzene rings is 1. The molecule has 1 fully saturated rings. The molecular weight excluding hydrogens is 220 g/mol. The van der Waals surface area contributed by atoms with Gasteiger partial charge in [-0.2, -0.15) is 0 Å². The second-order valence-corrected chi connectivity index (χ2v) is 5.67. The number of nitrogens with two attached hydrogens (primary N) is 1. The number of hydrogen-bond acceptors (Lipinski definition) is 2. The fourth-order valence-corrected chi connectivity index (χ4v) is 3.06. The molecule has 1 saturated heterocycles. The summed E-state index contributed by atoms with van der Waals surface area (Å²) in [4.78, 5) is 2.62. The van der Waals surface area contributed by atoms with E-state index in [-0.39, 0.29) is 0 Å². The Morgan fingerprint density at radius 2 is 2.28 bits per heavy atom. The Balaban J connectivity index is 2.02. The van der Waals surface area contributed by atoms with Crippen LogP contribution < -0.4 is 5.73 Å². The zero-order chi connectivity index (χ0) is 13.0. The monoisotopic (exact) mass is 246 g/mol. The maximum atomic E-state index is 5.69. The van der Waals surface area contributed by atoms with Crippen LogP contribution in [-0.4, -0.2) is 24.5 Å². The number of piperidine rings is 1. The van der Waals surface area contributed by atoms with Gasteiger partial charge >= 0.3 is 0 Å². The molecule has 18 heavy (non-hydrogen) atoms. The molecule has 2 heteroatoms. The lowest BCUT2D eigenvalue weighted by Crippen LogP contribution is -2.37. The van der Waals surface area contributed by atoms with E-state index in [2.05, 4.69) is 43.0 Å². The van der Waals surface area contributed by atoms with Gasteiger partial charge in [0.1, 0.15) is 0 Å². The molecule has 1 aromatic rings. The third-order valence-electron chi connectivity index (χ3n) is 4.20. The topological polar surface area (TPSA) is 29.3 Å². The third-order valence-corrected chi connectivity index (χ3v) is 4.20. The van der Waals surface area contributed by atoms with Crippen LogP contribution in [0, 0.1) is 12.8 Å². The standard InChI is InChI=1S/C16H26N2/c1-13-5-3-7-16(11-13)14(2)18-10-4-6-15(12-18)8-9-17/h3,5,7,11,14-15H,4,6,8-10,12,17H2,1-2H3. The zero-order valence-electron chi connectivity index (χ0n) is 11.7. The molecule has 2 N–H and O–H groups in total. The van der Waals surface area contributed by atoms with Crippen LogP contribution in [0.3, 0.4) is 0 Å². The zero-order valence-corrected chi connectivity index (χ0v) is 11.7. The summed E-state index contributed by atoms with van der Waals surface area (Å²) in [5.41, 5.74) is 8.50. The molecule has 2 nitrogen and oxygen atoms in total. The Labute approximate surface area is 111 Å². The van der Waals surface area contributed by atoms with E-state index in [9.17, 15) is 0 Å². The van der Waals surface area contributed by atoms with Gasteiger partial charge in [-0.3, -0.25) is 4.90 Å². The molecule has 0 bridgehead atoms. The molecule has 1 aliphatic rings. The van der Waals surface area contributed by atoms with Crippen molar-refractivity contribution in [1.82, 2.24) is 4.90 Å². The normalized spacial score (nSPS) is 22.9. The SMILES string of the molecule is Cc1cccc(C(C)N2CCCC(CCN)C2)c1. The molecule has 1 aromatic carbocycles. The van der Waals surface area contributed by atoms with Crippen molar-refractivity contribution in [3.05, 3.63) is 35.4 Å². The highest BCUT2D eigenvalue weighted by atomic mass is 15.2. The summed E-state index contributed by atoms with van der Waals surface area (Å²) < 4.78 is 0. The molecule has 0 aliphatic carbocycles. The van der Waals surface area contributed by atoms with E-state index in [0.29, 0.717) is 6.04 Å². The molecule has 1 aliphatic heterocycles. The molecule has 2 rings (SSSR count). The van der Waals surface area contributed by atoms with E-state index < -0.39 is 0 Å². The van der Waals surface area contributed by atoms with E-state index >= 15 is 0 Å². The van der Waals surface area contributed by atoms with E-state index in [1.165, 1.54) is 43.5 Å². The minimum Gasteiger partial charge on any atom is -0.330 e. The summed E-state index contributed by atoms with van der Waals surface area (Å²) in [6.07, 6.45) is 3.85. The van der Waals surface area contributed by atoms with Gasteiger partial charge in [0.05, 0.1) is 0 Å². The predicted molar refractivity (Wildman–Crippen MR) is 77.6 cm³/mol. The molecular formula is C16H26N2. The molecule has 100 valence electrons. The van der Waals surface area contributed by atoms with Crippen LogP contribution in [0.25, 0.3) is 0 Å². The second kappa shape index (κ2) is 6.35. The largest absolute Gasteiger partial charge is 0.330 e. The van der Waals surface area contributed by atoms with Crippen molar-refractivity contribution in [2.45, 2.75) is 39.2 Å². The van der Waals surface area contributed by atoms with E-state index in [4.69, 9.17) is 5.73 Å². The van der Waals surface area contributed by atoms with Crippen LogP contribution in [-0.2, 0) is 0 Å². The molecule has 0 amide bonds. The highest BCUT2D eigenvalue weighted by Crippen LogP contribution is 2.28. The molecule has 0 spiro atoms. The average Bonchev–Trinajstić information content (AvgIpc) is 2.39. The molecule has 0 radical (unpaired) electrons. The van der Waals surface area contributed by atoms with Crippen molar-refractivity contribution in [1.29, 1.82) is 0 Å². The van der Waals surface area contributed by atoms with Gasteiger partial charge in [0.25, 0.3) is 0 Å². The van der Waals surface area contributed by atoms with Gasteiger partial charge in [-0.1, -0.05) is 29.8 Å². The van der Waals surface area contributed by atoms with Crippen LogP contribution in [0.15, 0.2) is 24.3 Å². The number of rotatable bonds is 4. The van der Waals surface area contributed by atoms with E-state index in [1.54, 1.807) is 0 Å². The Bertz CT molecular complexity index is 373. The first-order chi connectivity index (χ1) is 8.70. The van der Waals surface area contributed by atoms with Crippen molar-refractivity contribution >= 4 is 0 Å². The van der Waals surface area contributed by atoms with Gasteiger partial charge in [-0.15, -0.1) is 0 Å². The van der Waals surface area contributed by atoms with Crippen molar-refractivity contribution in [2.75, 3.05) is 19.6 Å². The summed E-state index contributed by atoms with van der Waals surface area (Å²) in [6, 6.07) is 9.44. The minimum absolute atomic E-state index is 0.533. The van der Waals surface area contributed by atoms with Crippen LogP contribution in [0.2, 0.25) is 0 Å². The highest BCUT2D eigenvalue weighted by Gasteiger charge is 2.23. The van der Waals surface area contributed by atoms with Crippen molar-refractivity contribution in [3.8, 4) is 0 Å². The Hall–Kier alpha value is -0.860. The van der Waals surface area contributed by atoms with Gasteiger partial charge in [0, 0.05) is 12.6 Å². The molecule has 2 unspecified atom stereocenters. The minimum atomic E-state index is 0.533. The first-order valence-corrected chi connectivity index (χ1v) is 7.21. The second-order valence-electron chi connectivity index (χ2n) is 5.67. The van der Waals surface area contributed by atoms with Crippen molar-refractivity contribution in [2.24, 2.45) is 11.7 Å². The lowest BCUT2D eigenvalue weighted by molar-refractivity contribution is 0.128. The summed E-state index contributed by atoms with van der Waals surface area (Å²) in [7, 11) is 0. The number of nitrogens with zero attached hydrogens (tertiary/aromatic N) is 1. The van der Waals surface area contributed by atoms with E-state index in [0.717, 1.165) is 12.5 Å². The smallest absolute Gasteiger partial charge is 0.0320 e. The Morgan fingerprint density at radius 1 is 1.44 bits per heavy atom. The van der Waals surface area contributed by atoms with Gasteiger partial charge in [0.15, 0.2) is 0 Å². The maximum absolute atomic E-state index is 5.69. The summed E-state index contributed by atoms with van der Waals surface area (Å²) in [5.74, 6) is 0.802. The van der Waals surface area contributed by atoms with Crippen molar-refractivity contribution < 1.29 is 0 Å². The van der Waals surface area contributed by atoms with Crippen molar-refractivity contribution in [3.63, 3.8) is 0 Å². The van der Waals surface area contributed by atoms with E-state index in [1.807, 2.05) is 0 Å². The van der Waals surface area contributed by atoms with Crippen LogP contribution in [0.4, 0.5) is 0 Å². The lowest BCUT2D eigenvalue weighted by Gasteiger charge is -2.37. The molecule has 1 heterocycles. The molecule has 2 atom stereocenters. The Morgan fingerprint density at radius 3 is 3.00 bits per heavy atom. The van der Waals surface area contributed by atoms with Crippen LogP contribution >= 0.6 is 0 Å². The first kappa shape index (κ1) is 13.6. The molecule has 0 saturated carbocycles. The number of hydrogen-bond donors (Lipinski definition) is 1. The van der Waals surface area contributed by atoms with Gasteiger partial charge in [-0.05, 0) is 57.7 Å². The fraction of sp³-hybridized carbons (Fsp3) is 0.625. The Kier molecular flexibility index (Phi) is 4.79. The predicted octanol–water partition coefficient (Wildman–Crippen LogP) is 3.12. The highest BCUT2D eigenvalue weighted by molar-refractivity contribution is 5.24. The quantitative estimate of drug-likeness (QED) is 0.884. The van der Waals surface area contributed by atoms with Crippen LogP contribution in [0.1, 0.15) is 43.4 Å². The van der Waals surface area contributed by atoms with Gasteiger partial charge < -0.3 is 5.73 Å². The van der Waals surface area contributed by atoms with Crippen LogP contribution in [0.5, 0.6) is 0 Å². The maximum Gasteiger partial charge on any atom is 0.0320 e.